The van der Waals surface area contributed by atoms with Crippen molar-refractivity contribution in [1.82, 2.24) is 4.31 Å². The average molecular weight is 432 g/mol. The number of hydrogen-bond acceptors (Lipinski definition) is 6. The van der Waals surface area contributed by atoms with Gasteiger partial charge in [-0.1, -0.05) is 12.1 Å². The van der Waals surface area contributed by atoms with Crippen molar-refractivity contribution in [3.63, 3.8) is 0 Å². The van der Waals surface area contributed by atoms with Crippen LogP contribution >= 0.6 is 0 Å². The van der Waals surface area contributed by atoms with Crippen LogP contribution in [0.3, 0.4) is 0 Å². The number of hydrogen-bond donors (Lipinski definition) is 1. The largest absolute Gasteiger partial charge is 0.465 e. The van der Waals surface area contributed by atoms with Crippen molar-refractivity contribution in [2.45, 2.75) is 24.7 Å². The van der Waals surface area contributed by atoms with Crippen LogP contribution in [-0.2, 0) is 19.6 Å². The van der Waals surface area contributed by atoms with Gasteiger partial charge in [-0.2, -0.15) is 0 Å². The molecule has 2 aromatic carbocycles. The van der Waals surface area contributed by atoms with Gasteiger partial charge >= 0.3 is 5.97 Å². The van der Waals surface area contributed by atoms with Crippen molar-refractivity contribution in [2.24, 2.45) is 0 Å². The maximum Gasteiger partial charge on any atom is 0.337 e. The quantitative estimate of drug-likeness (QED) is 0.482. The number of anilines is 1. The first-order valence-corrected chi connectivity index (χ1v) is 10.6. The zero-order valence-corrected chi connectivity index (χ0v) is 17.9. The second-order valence-corrected chi connectivity index (χ2v) is 8.67. The number of ether oxygens (including phenoxy) is 1. The van der Waals surface area contributed by atoms with Gasteiger partial charge in [-0.15, -0.1) is 0 Å². The SMILES string of the molecule is COC(=O)c1ccc(NC(=O)CCCN(C)S(=O)(=O)c2ccc(C(C)=O)cc2)cc1. The molecule has 0 aliphatic heterocycles. The summed E-state index contributed by atoms with van der Waals surface area (Å²) >= 11 is 0. The van der Waals surface area contributed by atoms with Gasteiger partial charge in [0.25, 0.3) is 0 Å². The van der Waals surface area contributed by atoms with Gasteiger partial charge in [0.2, 0.25) is 15.9 Å². The lowest BCUT2D eigenvalue weighted by atomic mass is 10.2. The fraction of sp³-hybridized carbons (Fsp3) is 0.286. The Bertz CT molecular complexity index is 1010. The van der Waals surface area contributed by atoms with Crippen molar-refractivity contribution in [2.75, 3.05) is 26.0 Å². The molecule has 0 saturated heterocycles. The Kier molecular flexibility index (Phi) is 7.85. The minimum absolute atomic E-state index is 0.0881. The fourth-order valence-corrected chi connectivity index (χ4v) is 3.86. The summed E-state index contributed by atoms with van der Waals surface area (Å²) in [5.74, 6) is -0.872. The maximum absolute atomic E-state index is 12.6. The number of sulfonamides is 1. The number of benzene rings is 2. The molecule has 0 heterocycles. The number of carbonyl (C=O) groups excluding carboxylic acids is 3. The third-order valence-corrected chi connectivity index (χ3v) is 6.31. The Morgan fingerprint density at radius 1 is 0.967 bits per heavy atom. The molecule has 2 rings (SSSR count). The molecular weight excluding hydrogens is 408 g/mol. The minimum atomic E-state index is -3.71. The van der Waals surface area contributed by atoms with Crippen LogP contribution in [0.25, 0.3) is 0 Å². The van der Waals surface area contributed by atoms with E-state index in [1.165, 1.54) is 49.7 Å². The van der Waals surface area contributed by atoms with Gasteiger partial charge in [-0.25, -0.2) is 17.5 Å². The lowest BCUT2D eigenvalue weighted by Crippen LogP contribution is -2.28. The number of Topliss-reactive ketones (excluding diaryl/α,β-unsaturated/α-hetero) is 1. The van der Waals surface area contributed by atoms with E-state index in [1.807, 2.05) is 0 Å². The lowest BCUT2D eigenvalue weighted by molar-refractivity contribution is -0.116. The van der Waals surface area contributed by atoms with Gasteiger partial charge in [-0.3, -0.25) is 9.59 Å². The highest BCUT2D eigenvalue weighted by Gasteiger charge is 2.20. The second kappa shape index (κ2) is 10.1. The van der Waals surface area contributed by atoms with E-state index in [2.05, 4.69) is 10.1 Å². The van der Waals surface area contributed by atoms with Crippen LogP contribution in [0.15, 0.2) is 53.4 Å². The molecule has 0 radical (unpaired) electrons. The van der Waals surface area contributed by atoms with E-state index in [1.54, 1.807) is 24.3 Å². The minimum Gasteiger partial charge on any atom is -0.465 e. The number of nitrogens with zero attached hydrogens (tertiary/aromatic N) is 1. The Morgan fingerprint density at radius 2 is 1.53 bits per heavy atom. The number of ketones is 1. The number of amides is 1. The predicted octanol–water partition coefficient (Wildman–Crippen LogP) is 2.72. The molecule has 2 aromatic rings. The number of methoxy groups -OCH3 is 1. The summed E-state index contributed by atoms with van der Waals surface area (Å²) in [6.07, 6.45) is 0.454. The molecule has 0 bridgehead atoms. The second-order valence-electron chi connectivity index (χ2n) is 6.63. The summed E-state index contributed by atoms with van der Waals surface area (Å²) in [4.78, 5) is 34.9. The zero-order chi connectivity index (χ0) is 22.3. The van der Waals surface area contributed by atoms with Crippen LogP contribution in [0.1, 0.15) is 40.5 Å². The number of carbonyl (C=O) groups is 3. The molecule has 0 fully saturated rings. The molecule has 0 atom stereocenters. The Hall–Kier alpha value is -3.04. The summed E-state index contributed by atoms with van der Waals surface area (Å²) < 4.78 is 31.0. The van der Waals surface area contributed by atoms with Crippen LogP contribution in [0, 0.1) is 0 Å². The zero-order valence-electron chi connectivity index (χ0n) is 17.0. The first kappa shape index (κ1) is 23.2. The maximum atomic E-state index is 12.6. The van der Waals surface area contributed by atoms with Gasteiger partial charge in [0.15, 0.2) is 5.78 Å². The summed E-state index contributed by atoms with van der Waals surface area (Å²) in [7, 11) is -0.977. The molecule has 0 spiro atoms. The summed E-state index contributed by atoms with van der Waals surface area (Å²) in [6.45, 7) is 1.57. The predicted molar refractivity (Wildman–Crippen MR) is 112 cm³/mol. The Balaban J connectivity index is 1.86. The molecular formula is C21H24N2O6S. The van der Waals surface area contributed by atoms with Crippen molar-refractivity contribution in [3.05, 3.63) is 59.7 Å². The summed E-state index contributed by atoms with van der Waals surface area (Å²) in [5.41, 5.74) is 1.34. The molecule has 9 heteroatoms. The molecule has 160 valence electrons. The lowest BCUT2D eigenvalue weighted by Gasteiger charge is -2.17. The van der Waals surface area contributed by atoms with Crippen molar-refractivity contribution >= 4 is 33.4 Å². The van der Waals surface area contributed by atoms with Gasteiger partial charge in [-0.05, 0) is 49.7 Å². The number of nitrogens with one attached hydrogen (secondary N) is 1. The van der Waals surface area contributed by atoms with E-state index >= 15 is 0 Å². The Morgan fingerprint density at radius 3 is 2.07 bits per heavy atom. The molecule has 1 amide bonds. The third kappa shape index (κ3) is 5.98. The van der Waals surface area contributed by atoms with Crippen LogP contribution in [0.2, 0.25) is 0 Å². The van der Waals surface area contributed by atoms with Crippen LogP contribution < -0.4 is 5.32 Å². The highest BCUT2D eigenvalue weighted by molar-refractivity contribution is 7.89. The van der Waals surface area contributed by atoms with Gasteiger partial charge < -0.3 is 10.1 Å². The first-order valence-electron chi connectivity index (χ1n) is 9.20. The van der Waals surface area contributed by atoms with Crippen LogP contribution in [0.5, 0.6) is 0 Å². The molecule has 30 heavy (non-hydrogen) atoms. The van der Waals surface area contributed by atoms with Crippen LogP contribution in [0.4, 0.5) is 5.69 Å². The molecule has 0 unspecified atom stereocenters. The first-order chi connectivity index (χ1) is 14.1. The van der Waals surface area contributed by atoms with E-state index in [0.717, 1.165) is 0 Å². The van der Waals surface area contributed by atoms with E-state index < -0.39 is 16.0 Å². The van der Waals surface area contributed by atoms with Crippen LogP contribution in [-0.4, -0.2) is 51.1 Å². The molecule has 0 aromatic heterocycles. The van der Waals surface area contributed by atoms with Crippen molar-refractivity contribution in [3.8, 4) is 0 Å². The number of rotatable bonds is 9. The van der Waals surface area contributed by atoms with Crippen molar-refractivity contribution < 1.29 is 27.5 Å². The fourth-order valence-electron chi connectivity index (χ4n) is 2.65. The highest BCUT2D eigenvalue weighted by atomic mass is 32.2. The number of esters is 1. The van der Waals surface area contributed by atoms with Crippen molar-refractivity contribution in [1.29, 1.82) is 0 Å². The smallest absolute Gasteiger partial charge is 0.337 e. The Labute approximate surface area is 175 Å². The van der Waals surface area contributed by atoms with E-state index in [4.69, 9.17) is 0 Å². The summed E-state index contributed by atoms with van der Waals surface area (Å²) in [5, 5.41) is 2.70. The third-order valence-electron chi connectivity index (χ3n) is 4.44. The van der Waals surface area contributed by atoms with E-state index in [9.17, 15) is 22.8 Å². The van der Waals surface area contributed by atoms with E-state index in [0.29, 0.717) is 23.2 Å². The van der Waals surface area contributed by atoms with Gasteiger partial charge in [0.1, 0.15) is 0 Å². The van der Waals surface area contributed by atoms with E-state index in [-0.39, 0.29) is 29.6 Å². The monoisotopic (exact) mass is 432 g/mol. The van der Waals surface area contributed by atoms with Gasteiger partial charge in [0.05, 0.1) is 17.6 Å². The molecule has 0 saturated carbocycles. The standard InChI is InChI=1S/C21H24N2O6S/c1-15(24)16-8-12-19(13-9-16)30(27,28)23(2)14-4-5-20(25)22-18-10-6-17(7-11-18)21(26)29-3/h6-13H,4-5,14H2,1-3H3,(H,22,25). The van der Waals surface area contributed by atoms with Gasteiger partial charge in [0, 0.05) is 31.3 Å². The highest BCUT2D eigenvalue weighted by Crippen LogP contribution is 2.16. The normalized spacial score (nSPS) is 11.2. The molecule has 8 nitrogen and oxygen atoms in total. The molecule has 0 aliphatic carbocycles. The molecule has 0 aliphatic rings. The molecule has 1 N–H and O–H groups in total. The average Bonchev–Trinajstić information content (AvgIpc) is 2.73. The topological polar surface area (TPSA) is 110 Å². The summed E-state index contributed by atoms with van der Waals surface area (Å²) in [6, 6.07) is 12.0.